The van der Waals surface area contributed by atoms with Crippen LogP contribution in [0.15, 0.2) is 0 Å². The minimum atomic E-state index is -0.672. The summed E-state index contributed by atoms with van der Waals surface area (Å²) in [5, 5.41) is 7.63. The molecule has 1 heterocycles. The molecule has 1 N–H and O–H groups in total. The maximum atomic E-state index is 12.0. The summed E-state index contributed by atoms with van der Waals surface area (Å²) in [5.74, 6) is -0.209. The van der Waals surface area contributed by atoms with E-state index in [9.17, 15) is 4.79 Å². The SMILES string of the molecule is CCOC(=O)C(C)(CCn1nc(C)c(CC)c1C)NC. The number of nitrogens with zero attached hydrogens (tertiary/aromatic N) is 2. The summed E-state index contributed by atoms with van der Waals surface area (Å²) >= 11 is 0. The predicted octanol–water partition coefficient (Wildman–Crippen LogP) is 1.99. The molecule has 0 saturated carbocycles. The summed E-state index contributed by atoms with van der Waals surface area (Å²) in [6.07, 6.45) is 1.63. The summed E-state index contributed by atoms with van der Waals surface area (Å²) in [4.78, 5) is 12.0. The highest BCUT2D eigenvalue weighted by atomic mass is 16.5. The van der Waals surface area contributed by atoms with Gasteiger partial charge in [0.05, 0.1) is 12.3 Å². The molecule has 20 heavy (non-hydrogen) atoms. The Morgan fingerprint density at radius 1 is 1.40 bits per heavy atom. The van der Waals surface area contributed by atoms with Crippen LogP contribution < -0.4 is 5.32 Å². The maximum absolute atomic E-state index is 12.0. The van der Waals surface area contributed by atoms with Crippen LogP contribution in [0.1, 0.15) is 44.1 Å². The van der Waals surface area contributed by atoms with Gasteiger partial charge in [-0.1, -0.05) is 6.92 Å². The van der Waals surface area contributed by atoms with E-state index in [4.69, 9.17) is 4.74 Å². The third kappa shape index (κ3) is 3.39. The van der Waals surface area contributed by atoms with Gasteiger partial charge < -0.3 is 10.1 Å². The first-order chi connectivity index (χ1) is 9.39. The molecule has 114 valence electrons. The van der Waals surface area contributed by atoms with Crippen molar-refractivity contribution < 1.29 is 9.53 Å². The molecule has 0 aliphatic heterocycles. The molecular weight excluding hydrogens is 254 g/mol. The predicted molar refractivity (Wildman–Crippen MR) is 79.8 cm³/mol. The molecule has 1 rings (SSSR count). The van der Waals surface area contributed by atoms with Gasteiger partial charge in [-0.15, -0.1) is 0 Å². The Hall–Kier alpha value is -1.36. The molecule has 5 nitrogen and oxygen atoms in total. The van der Waals surface area contributed by atoms with Crippen LogP contribution in [0.3, 0.4) is 0 Å². The number of likely N-dealkylation sites (N-methyl/N-ethyl adjacent to an activating group) is 1. The number of hydrogen-bond acceptors (Lipinski definition) is 4. The van der Waals surface area contributed by atoms with Crippen molar-refractivity contribution in [2.24, 2.45) is 0 Å². The molecule has 1 unspecified atom stereocenters. The molecule has 0 radical (unpaired) electrons. The van der Waals surface area contributed by atoms with Crippen LogP contribution in [-0.4, -0.2) is 34.9 Å². The number of nitrogens with one attached hydrogen (secondary N) is 1. The molecule has 0 amide bonds. The molecule has 5 heteroatoms. The standard InChI is InChI=1S/C15H27N3O2/c1-7-13-11(3)17-18(12(13)4)10-9-15(5,16-6)14(19)20-8-2/h16H,7-10H2,1-6H3. The lowest BCUT2D eigenvalue weighted by molar-refractivity contribution is -0.150. The Kier molecular flexibility index (Phi) is 5.74. The average Bonchev–Trinajstić information content (AvgIpc) is 2.70. The zero-order valence-electron chi connectivity index (χ0n) is 13.5. The van der Waals surface area contributed by atoms with E-state index < -0.39 is 5.54 Å². The van der Waals surface area contributed by atoms with E-state index in [0.29, 0.717) is 19.6 Å². The van der Waals surface area contributed by atoms with E-state index in [2.05, 4.69) is 24.3 Å². The van der Waals surface area contributed by atoms with Crippen LogP contribution in [0.25, 0.3) is 0 Å². The fourth-order valence-corrected chi connectivity index (χ4v) is 2.41. The maximum Gasteiger partial charge on any atom is 0.326 e. The van der Waals surface area contributed by atoms with Crippen LogP contribution in [-0.2, 0) is 22.5 Å². The highest BCUT2D eigenvalue weighted by Crippen LogP contribution is 2.17. The molecule has 1 atom stereocenters. The van der Waals surface area contributed by atoms with Gasteiger partial charge in [0.1, 0.15) is 5.54 Å². The van der Waals surface area contributed by atoms with Crippen molar-refractivity contribution in [3.8, 4) is 0 Å². The smallest absolute Gasteiger partial charge is 0.326 e. The van der Waals surface area contributed by atoms with Crippen LogP contribution in [0.5, 0.6) is 0 Å². The fourth-order valence-electron chi connectivity index (χ4n) is 2.41. The third-order valence-corrected chi connectivity index (χ3v) is 3.99. The van der Waals surface area contributed by atoms with Gasteiger partial charge >= 0.3 is 5.97 Å². The normalized spacial score (nSPS) is 14.1. The number of aromatic nitrogens is 2. The Morgan fingerprint density at radius 3 is 2.50 bits per heavy atom. The summed E-state index contributed by atoms with van der Waals surface area (Å²) in [5.41, 5.74) is 2.89. The second-order valence-corrected chi connectivity index (χ2v) is 5.28. The summed E-state index contributed by atoms with van der Waals surface area (Å²) < 4.78 is 7.12. The molecule has 1 aromatic rings. The lowest BCUT2D eigenvalue weighted by Gasteiger charge is -2.26. The first-order valence-electron chi connectivity index (χ1n) is 7.28. The zero-order valence-corrected chi connectivity index (χ0v) is 13.5. The molecule has 0 saturated heterocycles. The van der Waals surface area contributed by atoms with Gasteiger partial charge in [0, 0.05) is 12.2 Å². The van der Waals surface area contributed by atoms with Crippen LogP contribution in [0, 0.1) is 13.8 Å². The number of ether oxygens (including phenoxy) is 1. The third-order valence-electron chi connectivity index (χ3n) is 3.99. The molecule has 0 fully saturated rings. The lowest BCUT2D eigenvalue weighted by Crippen LogP contribution is -2.49. The number of carbonyl (C=O) groups is 1. The largest absolute Gasteiger partial charge is 0.465 e. The van der Waals surface area contributed by atoms with Crippen LogP contribution in [0.2, 0.25) is 0 Å². The van der Waals surface area contributed by atoms with Crippen molar-refractivity contribution in [1.82, 2.24) is 15.1 Å². The zero-order chi connectivity index (χ0) is 15.3. The van der Waals surface area contributed by atoms with Gasteiger partial charge in [-0.2, -0.15) is 5.10 Å². The van der Waals surface area contributed by atoms with Crippen molar-refractivity contribution in [1.29, 1.82) is 0 Å². The van der Waals surface area contributed by atoms with E-state index in [-0.39, 0.29) is 5.97 Å². The van der Waals surface area contributed by atoms with Gasteiger partial charge in [0.15, 0.2) is 0 Å². The lowest BCUT2D eigenvalue weighted by atomic mass is 9.98. The second-order valence-electron chi connectivity index (χ2n) is 5.28. The first kappa shape index (κ1) is 16.7. The first-order valence-corrected chi connectivity index (χ1v) is 7.28. The van der Waals surface area contributed by atoms with E-state index in [1.54, 1.807) is 7.05 Å². The number of hydrogen-bond donors (Lipinski definition) is 1. The monoisotopic (exact) mass is 281 g/mol. The quantitative estimate of drug-likeness (QED) is 0.777. The minimum absolute atomic E-state index is 0.209. The molecular formula is C15H27N3O2. The van der Waals surface area contributed by atoms with E-state index in [1.807, 2.05) is 25.5 Å². The van der Waals surface area contributed by atoms with Crippen molar-refractivity contribution in [3.05, 3.63) is 17.0 Å². The Labute approximate surface area is 121 Å². The molecule has 0 bridgehead atoms. The average molecular weight is 281 g/mol. The Balaban J connectivity index is 2.81. The highest BCUT2D eigenvalue weighted by molar-refractivity contribution is 5.80. The summed E-state index contributed by atoms with van der Waals surface area (Å²) in [6.45, 7) is 11.0. The second kappa shape index (κ2) is 6.88. The van der Waals surface area contributed by atoms with Crippen molar-refractivity contribution >= 4 is 5.97 Å². The van der Waals surface area contributed by atoms with E-state index in [1.165, 1.54) is 11.3 Å². The van der Waals surface area contributed by atoms with Gasteiger partial charge in [-0.05, 0) is 53.1 Å². The number of esters is 1. The molecule has 0 aliphatic carbocycles. The number of carbonyl (C=O) groups excluding carboxylic acids is 1. The molecule has 0 aromatic carbocycles. The molecule has 0 aliphatic rings. The summed E-state index contributed by atoms with van der Waals surface area (Å²) in [7, 11) is 1.79. The summed E-state index contributed by atoms with van der Waals surface area (Å²) in [6, 6.07) is 0. The molecule has 1 aromatic heterocycles. The van der Waals surface area contributed by atoms with E-state index >= 15 is 0 Å². The number of rotatable bonds is 7. The minimum Gasteiger partial charge on any atom is -0.465 e. The van der Waals surface area contributed by atoms with Gasteiger partial charge in [0.25, 0.3) is 0 Å². The topological polar surface area (TPSA) is 56.2 Å². The van der Waals surface area contributed by atoms with Gasteiger partial charge in [-0.3, -0.25) is 9.48 Å². The van der Waals surface area contributed by atoms with E-state index in [0.717, 1.165) is 12.1 Å². The molecule has 0 spiro atoms. The van der Waals surface area contributed by atoms with Crippen molar-refractivity contribution in [3.63, 3.8) is 0 Å². The highest BCUT2D eigenvalue weighted by Gasteiger charge is 2.33. The Bertz CT molecular complexity index is 468. The Morgan fingerprint density at radius 2 is 2.05 bits per heavy atom. The van der Waals surface area contributed by atoms with Gasteiger partial charge in [-0.25, -0.2) is 0 Å². The fraction of sp³-hybridized carbons (Fsp3) is 0.733. The number of aryl methyl sites for hydroxylation is 2. The van der Waals surface area contributed by atoms with Gasteiger partial charge in [0.2, 0.25) is 0 Å². The van der Waals surface area contributed by atoms with Crippen molar-refractivity contribution in [2.75, 3.05) is 13.7 Å². The van der Waals surface area contributed by atoms with Crippen LogP contribution in [0.4, 0.5) is 0 Å². The van der Waals surface area contributed by atoms with Crippen LogP contribution >= 0.6 is 0 Å². The van der Waals surface area contributed by atoms with Crippen molar-refractivity contribution in [2.45, 2.75) is 59.5 Å².